The number of carbonyl (C=O) groups is 1. The van der Waals surface area contributed by atoms with E-state index in [0.717, 1.165) is 52.0 Å². The number of benzene rings is 1. The summed E-state index contributed by atoms with van der Waals surface area (Å²) >= 11 is 4.95. The number of para-hydroxylation sites is 1. The summed E-state index contributed by atoms with van der Waals surface area (Å²) in [5, 5.41) is 9.70. The SMILES string of the molecule is CCn1c(CSc2nc3ccccc3s2)nnc1SCC(=O)N1CCCC2CCCCC21. The highest BCUT2D eigenvalue weighted by Crippen LogP contribution is 2.36. The Balaban J connectivity index is 1.20. The van der Waals surface area contributed by atoms with Crippen molar-refractivity contribution >= 4 is 51.0 Å². The van der Waals surface area contributed by atoms with Gasteiger partial charge in [-0.3, -0.25) is 4.79 Å². The fraction of sp³-hybridized carbons (Fsp3) is 0.565. The minimum atomic E-state index is 0.266. The number of nitrogens with zero attached hydrogens (tertiary/aromatic N) is 5. The number of likely N-dealkylation sites (tertiary alicyclic amines) is 1. The van der Waals surface area contributed by atoms with Crippen molar-refractivity contribution in [3.05, 3.63) is 30.1 Å². The molecule has 9 heteroatoms. The molecule has 1 aromatic carbocycles. The fourth-order valence-corrected chi connectivity index (χ4v) is 7.95. The quantitative estimate of drug-likeness (QED) is 0.412. The predicted octanol–water partition coefficient (Wildman–Crippen LogP) is 5.47. The Kier molecular flexibility index (Phi) is 7.04. The van der Waals surface area contributed by atoms with Crippen molar-refractivity contribution < 1.29 is 4.79 Å². The van der Waals surface area contributed by atoms with Gasteiger partial charge in [0.1, 0.15) is 5.82 Å². The lowest BCUT2D eigenvalue weighted by Gasteiger charge is -2.44. The first-order valence-electron chi connectivity index (χ1n) is 11.6. The van der Waals surface area contributed by atoms with Crippen LogP contribution in [0.4, 0.5) is 0 Å². The Hall–Kier alpha value is -1.58. The van der Waals surface area contributed by atoms with E-state index in [1.54, 1.807) is 23.1 Å². The second-order valence-corrected chi connectivity index (χ2v) is 11.7. The highest BCUT2D eigenvalue weighted by Gasteiger charge is 2.35. The molecule has 1 aliphatic heterocycles. The smallest absolute Gasteiger partial charge is 0.233 e. The maximum absolute atomic E-state index is 13.1. The molecule has 6 nitrogen and oxygen atoms in total. The summed E-state index contributed by atoms with van der Waals surface area (Å²) in [5.41, 5.74) is 1.05. The molecule has 0 bridgehead atoms. The van der Waals surface area contributed by atoms with Gasteiger partial charge in [-0.1, -0.05) is 48.5 Å². The van der Waals surface area contributed by atoms with Crippen molar-refractivity contribution in [3.8, 4) is 0 Å². The Bertz CT molecular complexity index is 1050. The first kappa shape index (κ1) is 22.2. The lowest BCUT2D eigenvalue weighted by Crippen LogP contribution is -2.50. The molecule has 3 aromatic rings. The molecule has 2 fully saturated rings. The lowest BCUT2D eigenvalue weighted by atomic mass is 9.78. The Labute approximate surface area is 201 Å². The molecule has 1 saturated carbocycles. The van der Waals surface area contributed by atoms with Gasteiger partial charge in [-0.05, 0) is 50.7 Å². The predicted molar refractivity (Wildman–Crippen MR) is 132 cm³/mol. The summed E-state index contributed by atoms with van der Waals surface area (Å²) in [4.78, 5) is 19.9. The van der Waals surface area contributed by atoms with E-state index < -0.39 is 0 Å². The van der Waals surface area contributed by atoms with Gasteiger partial charge in [-0.2, -0.15) is 0 Å². The molecule has 2 aromatic heterocycles. The number of fused-ring (bicyclic) bond motifs is 2. The number of hydrogen-bond acceptors (Lipinski definition) is 7. The van der Waals surface area contributed by atoms with Crippen molar-refractivity contribution in [2.75, 3.05) is 12.3 Å². The highest BCUT2D eigenvalue weighted by atomic mass is 32.2. The van der Waals surface area contributed by atoms with Crippen molar-refractivity contribution in [1.29, 1.82) is 0 Å². The first-order valence-corrected chi connectivity index (χ1v) is 14.3. The van der Waals surface area contributed by atoms with Crippen LogP contribution < -0.4 is 0 Å². The molecule has 5 rings (SSSR count). The average Bonchev–Trinajstić information content (AvgIpc) is 3.43. The molecule has 32 heavy (non-hydrogen) atoms. The average molecular weight is 488 g/mol. The zero-order valence-electron chi connectivity index (χ0n) is 18.4. The van der Waals surface area contributed by atoms with E-state index in [-0.39, 0.29) is 5.91 Å². The van der Waals surface area contributed by atoms with Crippen LogP contribution in [0.25, 0.3) is 10.2 Å². The van der Waals surface area contributed by atoms with Crippen LogP contribution in [0.15, 0.2) is 33.8 Å². The van der Waals surface area contributed by atoms with Gasteiger partial charge in [-0.25, -0.2) is 4.98 Å². The van der Waals surface area contributed by atoms with Gasteiger partial charge in [0.2, 0.25) is 5.91 Å². The van der Waals surface area contributed by atoms with Crippen LogP contribution in [-0.4, -0.2) is 48.9 Å². The van der Waals surface area contributed by atoms with Gasteiger partial charge in [0.15, 0.2) is 9.50 Å². The molecule has 2 atom stereocenters. The fourth-order valence-electron chi connectivity index (χ4n) is 5.03. The molecule has 0 radical (unpaired) electrons. The van der Waals surface area contributed by atoms with Crippen LogP contribution >= 0.6 is 34.9 Å². The summed E-state index contributed by atoms with van der Waals surface area (Å²) in [6, 6.07) is 8.69. The third kappa shape index (κ3) is 4.70. The van der Waals surface area contributed by atoms with E-state index in [0.29, 0.717) is 11.8 Å². The van der Waals surface area contributed by atoms with Crippen LogP contribution in [0, 0.1) is 5.92 Å². The minimum absolute atomic E-state index is 0.266. The summed E-state index contributed by atoms with van der Waals surface area (Å²) in [6.07, 6.45) is 7.51. The maximum Gasteiger partial charge on any atom is 0.233 e. The first-order chi connectivity index (χ1) is 15.7. The Morgan fingerprint density at radius 2 is 1.97 bits per heavy atom. The second-order valence-electron chi connectivity index (χ2n) is 8.51. The van der Waals surface area contributed by atoms with Crippen LogP contribution in [0.2, 0.25) is 0 Å². The molecule has 1 saturated heterocycles. The van der Waals surface area contributed by atoms with Gasteiger partial charge < -0.3 is 9.47 Å². The number of thioether (sulfide) groups is 2. The summed E-state index contributed by atoms with van der Waals surface area (Å²) in [7, 11) is 0. The number of piperidine rings is 1. The van der Waals surface area contributed by atoms with Crippen LogP contribution in [0.1, 0.15) is 51.3 Å². The van der Waals surface area contributed by atoms with E-state index in [2.05, 4.69) is 32.7 Å². The topological polar surface area (TPSA) is 63.9 Å². The zero-order valence-corrected chi connectivity index (χ0v) is 20.9. The standard InChI is InChI=1S/C23H29N5OS3/c1-2-27-20(14-31-23-24-17-10-4-6-12-19(17)32-23)25-26-22(27)30-15-21(29)28-13-7-9-16-8-3-5-11-18(16)28/h4,6,10,12,16,18H,2-3,5,7-9,11,13-15H2,1H3. The number of rotatable bonds is 7. The van der Waals surface area contributed by atoms with E-state index in [9.17, 15) is 4.79 Å². The van der Waals surface area contributed by atoms with Crippen LogP contribution in [0.3, 0.4) is 0 Å². The van der Waals surface area contributed by atoms with Crippen molar-refractivity contribution in [2.24, 2.45) is 5.92 Å². The van der Waals surface area contributed by atoms with Crippen LogP contribution in [-0.2, 0) is 17.1 Å². The molecule has 1 aliphatic carbocycles. The molecule has 0 spiro atoms. The van der Waals surface area contributed by atoms with Crippen molar-refractivity contribution in [3.63, 3.8) is 0 Å². The highest BCUT2D eigenvalue weighted by molar-refractivity contribution is 8.00. The summed E-state index contributed by atoms with van der Waals surface area (Å²) in [5.74, 6) is 3.11. The molecular weight excluding hydrogens is 458 g/mol. The Morgan fingerprint density at radius 3 is 2.84 bits per heavy atom. The Morgan fingerprint density at radius 1 is 1.12 bits per heavy atom. The van der Waals surface area contributed by atoms with E-state index in [4.69, 9.17) is 4.98 Å². The number of thiazole rings is 1. The molecule has 0 N–H and O–H groups in total. The summed E-state index contributed by atoms with van der Waals surface area (Å²) in [6.45, 7) is 3.83. The minimum Gasteiger partial charge on any atom is -0.339 e. The third-order valence-electron chi connectivity index (χ3n) is 6.60. The van der Waals surface area contributed by atoms with Crippen molar-refractivity contribution in [1.82, 2.24) is 24.6 Å². The normalized spacial score (nSPS) is 21.1. The lowest BCUT2D eigenvalue weighted by molar-refractivity contribution is -0.134. The largest absolute Gasteiger partial charge is 0.339 e. The summed E-state index contributed by atoms with van der Waals surface area (Å²) < 4.78 is 4.39. The van der Waals surface area contributed by atoms with Gasteiger partial charge in [0.05, 0.1) is 21.7 Å². The van der Waals surface area contributed by atoms with Gasteiger partial charge >= 0.3 is 0 Å². The van der Waals surface area contributed by atoms with E-state index in [1.165, 1.54) is 48.6 Å². The van der Waals surface area contributed by atoms with Gasteiger partial charge in [0.25, 0.3) is 0 Å². The number of amides is 1. The maximum atomic E-state index is 13.1. The number of aromatic nitrogens is 4. The van der Waals surface area contributed by atoms with E-state index >= 15 is 0 Å². The molecule has 1 amide bonds. The van der Waals surface area contributed by atoms with E-state index in [1.807, 2.05) is 18.2 Å². The van der Waals surface area contributed by atoms with Gasteiger partial charge in [0, 0.05) is 19.1 Å². The molecular formula is C23H29N5OS3. The monoisotopic (exact) mass is 487 g/mol. The molecule has 2 aliphatic rings. The molecule has 170 valence electrons. The number of carbonyl (C=O) groups excluding carboxylic acids is 1. The van der Waals surface area contributed by atoms with Gasteiger partial charge in [-0.15, -0.1) is 21.5 Å². The van der Waals surface area contributed by atoms with Crippen LogP contribution in [0.5, 0.6) is 0 Å². The zero-order chi connectivity index (χ0) is 21.9. The number of hydrogen-bond donors (Lipinski definition) is 0. The molecule has 3 heterocycles. The third-order valence-corrected chi connectivity index (χ3v) is 9.72. The van der Waals surface area contributed by atoms with Crippen molar-refractivity contribution in [2.45, 2.75) is 73.3 Å². The second kappa shape index (κ2) is 10.1. The molecule has 2 unspecified atom stereocenters.